The number of methoxy groups -OCH3 is 2. The molecule has 1 N–H and O–H groups in total. The van der Waals surface area contributed by atoms with Crippen LogP contribution in [0.4, 0.5) is 0 Å². The second-order valence-corrected chi connectivity index (χ2v) is 4.97. The van der Waals surface area contributed by atoms with E-state index in [1.807, 2.05) is 13.8 Å². The van der Waals surface area contributed by atoms with E-state index >= 15 is 0 Å². The van der Waals surface area contributed by atoms with E-state index in [-0.39, 0.29) is 6.10 Å². The van der Waals surface area contributed by atoms with E-state index in [1.54, 1.807) is 12.1 Å². The maximum absolute atomic E-state index is 11.4. The van der Waals surface area contributed by atoms with Gasteiger partial charge < -0.3 is 19.3 Å². The van der Waals surface area contributed by atoms with Gasteiger partial charge in [-0.3, -0.25) is 0 Å². The molecule has 1 unspecified atom stereocenters. The van der Waals surface area contributed by atoms with Crippen LogP contribution in [-0.4, -0.2) is 31.4 Å². The molecule has 6 heteroatoms. The van der Waals surface area contributed by atoms with E-state index in [9.17, 15) is 9.90 Å². The summed E-state index contributed by atoms with van der Waals surface area (Å²) in [7, 11) is 2.74. The quantitative estimate of drug-likeness (QED) is 0.839. The summed E-state index contributed by atoms with van der Waals surface area (Å²) in [6, 6.07) is 3.20. The van der Waals surface area contributed by atoms with E-state index in [0.717, 1.165) is 0 Å². The molecule has 1 aromatic rings. The Labute approximate surface area is 120 Å². The van der Waals surface area contributed by atoms with E-state index in [2.05, 4.69) is 20.7 Å². The third-order valence-electron chi connectivity index (χ3n) is 2.36. The summed E-state index contributed by atoms with van der Waals surface area (Å²) in [4.78, 5) is 11.4. The van der Waals surface area contributed by atoms with Crippen molar-refractivity contribution in [3.05, 3.63) is 22.2 Å². The van der Waals surface area contributed by atoms with Gasteiger partial charge >= 0.3 is 5.97 Å². The number of hydrogen-bond donors (Lipinski definition) is 1. The largest absolute Gasteiger partial charge is 0.493 e. The number of aliphatic hydroxyl groups is 1. The van der Waals surface area contributed by atoms with Crippen molar-refractivity contribution in [1.29, 1.82) is 0 Å². The molecule has 0 bridgehead atoms. The van der Waals surface area contributed by atoms with Gasteiger partial charge in [-0.15, -0.1) is 0 Å². The Morgan fingerprint density at radius 2 is 1.89 bits per heavy atom. The molecule has 0 aliphatic heterocycles. The minimum absolute atomic E-state index is 0.0572. The van der Waals surface area contributed by atoms with Gasteiger partial charge in [-0.05, 0) is 26.0 Å². The molecular weight excluding hydrogens is 316 g/mol. The number of rotatable bonds is 5. The predicted molar refractivity (Wildman–Crippen MR) is 73.4 cm³/mol. The minimum Gasteiger partial charge on any atom is -0.493 e. The van der Waals surface area contributed by atoms with E-state index < -0.39 is 12.1 Å². The second kappa shape index (κ2) is 6.77. The first kappa shape index (κ1) is 15.8. The van der Waals surface area contributed by atoms with Gasteiger partial charge in [-0.1, -0.05) is 15.9 Å². The molecule has 0 aromatic heterocycles. The number of benzene rings is 1. The van der Waals surface area contributed by atoms with Crippen LogP contribution in [0.15, 0.2) is 16.6 Å². The molecule has 5 nitrogen and oxygen atoms in total. The highest BCUT2D eigenvalue weighted by molar-refractivity contribution is 9.10. The molecule has 0 radical (unpaired) electrons. The van der Waals surface area contributed by atoms with Gasteiger partial charge in [0.25, 0.3) is 0 Å². The summed E-state index contributed by atoms with van der Waals surface area (Å²) in [6.45, 7) is 3.75. The highest BCUT2D eigenvalue weighted by atomic mass is 79.9. The van der Waals surface area contributed by atoms with E-state index in [0.29, 0.717) is 21.5 Å². The minimum atomic E-state index is -1.38. The lowest BCUT2D eigenvalue weighted by Gasteiger charge is -2.17. The predicted octanol–water partition coefficient (Wildman–Crippen LogP) is 2.45. The fourth-order valence-electron chi connectivity index (χ4n) is 1.50. The Morgan fingerprint density at radius 1 is 1.26 bits per heavy atom. The maximum Gasteiger partial charge on any atom is 0.339 e. The number of carbonyl (C=O) groups excluding carboxylic acids is 1. The summed E-state index contributed by atoms with van der Waals surface area (Å²) in [5.41, 5.74) is 0.364. The highest BCUT2D eigenvalue weighted by Gasteiger charge is 2.23. The second-order valence-electron chi connectivity index (χ2n) is 4.12. The molecule has 0 saturated carbocycles. The van der Waals surface area contributed by atoms with Gasteiger partial charge in [0.15, 0.2) is 17.6 Å². The molecule has 1 atom stereocenters. The average molecular weight is 333 g/mol. The molecule has 0 aliphatic carbocycles. The average Bonchev–Trinajstić information content (AvgIpc) is 2.37. The lowest BCUT2D eigenvalue weighted by Crippen LogP contribution is -2.15. The van der Waals surface area contributed by atoms with E-state index in [4.69, 9.17) is 9.47 Å². The van der Waals surface area contributed by atoms with Gasteiger partial charge in [0.2, 0.25) is 0 Å². The standard InChI is InChI=1S/C13H17BrO5/c1-7(2)19-11-5-8(12(15)13(16)18-4)9(14)6-10(11)17-3/h5-7,12,15H,1-4H3. The van der Waals surface area contributed by atoms with Crippen molar-refractivity contribution in [2.75, 3.05) is 14.2 Å². The Kier molecular flexibility index (Phi) is 5.62. The molecular formula is C13H17BrO5. The summed E-state index contributed by atoms with van der Waals surface area (Å²) in [5.74, 6) is 0.237. The van der Waals surface area contributed by atoms with Crippen molar-refractivity contribution in [3.8, 4) is 11.5 Å². The number of carbonyl (C=O) groups is 1. The van der Waals surface area contributed by atoms with Crippen molar-refractivity contribution in [1.82, 2.24) is 0 Å². The van der Waals surface area contributed by atoms with Gasteiger partial charge in [0, 0.05) is 10.0 Å². The first-order valence-electron chi connectivity index (χ1n) is 5.70. The van der Waals surface area contributed by atoms with Crippen LogP contribution in [0.2, 0.25) is 0 Å². The van der Waals surface area contributed by atoms with Crippen LogP contribution in [0.25, 0.3) is 0 Å². The van der Waals surface area contributed by atoms with Gasteiger partial charge in [0.05, 0.1) is 20.3 Å². The van der Waals surface area contributed by atoms with Crippen LogP contribution >= 0.6 is 15.9 Å². The van der Waals surface area contributed by atoms with Crippen LogP contribution < -0.4 is 9.47 Å². The number of ether oxygens (including phenoxy) is 3. The van der Waals surface area contributed by atoms with Crippen LogP contribution in [0.1, 0.15) is 25.5 Å². The molecule has 1 aromatic carbocycles. The Bertz CT molecular complexity index is 459. The molecule has 0 amide bonds. The first-order valence-corrected chi connectivity index (χ1v) is 6.50. The van der Waals surface area contributed by atoms with Crippen molar-refractivity contribution in [2.45, 2.75) is 26.1 Å². The van der Waals surface area contributed by atoms with Crippen LogP contribution in [0, 0.1) is 0 Å². The first-order chi connectivity index (χ1) is 8.90. The summed E-state index contributed by atoms with van der Waals surface area (Å²) < 4.78 is 15.8. The Hall–Kier alpha value is -1.27. The summed E-state index contributed by atoms with van der Waals surface area (Å²) >= 11 is 3.28. The third-order valence-corrected chi connectivity index (χ3v) is 3.05. The molecule has 0 heterocycles. The highest BCUT2D eigenvalue weighted by Crippen LogP contribution is 2.37. The molecule has 0 spiro atoms. The zero-order valence-corrected chi connectivity index (χ0v) is 12.9. The van der Waals surface area contributed by atoms with Crippen molar-refractivity contribution in [2.24, 2.45) is 0 Å². The van der Waals surface area contributed by atoms with Gasteiger partial charge in [-0.25, -0.2) is 4.79 Å². The lowest BCUT2D eigenvalue weighted by atomic mass is 10.1. The van der Waals surface area contributed by atoms with Crippen LogP contribution in [0.5, 0.6) is 11.5 Å². The normalized spacial score (nSPS) is 12.2. The number of esters is 1. The Morgan fingerprint density at radius 3 is 2.37 bits per heavy atom. The number of hydrogen-bond acceptors (Lipinski definition) is 5. The molecule has 1 rings (SSSR count). The molecule has 0 saturated heterocycles. The molecule has 0 aliphatic rings. The number of aliphatic hydroxyl groups excluding tert-OH is 1. The van der Waals surface area contributed by atoms with Crippen molar-refractivity contribution >= 4 is 21.9 Å². The Balaban J connectivity index is 3.22. The lowest BCUT2D eigenvalue weighted by molar-refractivity contribution is -0.150. The molecule has 0 fully saturated rings. The smallest absolute Gasteiger partial charge is 0.339 e. The van der Waals surface area contributed by atoms with Crippen molar-refractivity contribution in [3.63, 3.8) is 0 Å². The van der Waals surface area contributed by atoms with Crippen LogP contribution in [0.3, 0.4) is 0 Å². The fourth-order valence-corrected chi connectivity index (χ4v) is 2.04. The topological polar surface area (TPSA) is 65.0 Å². The monoisotopic (exact) mass is 332 g/mol. The third kappa shape index (κ3) is 3.84. The van der Waals surface area contributed by atoms with Crippen molar-refractivity contribution < 1.29 is 24.1 Å². The van der Waals surface area contributed by atoms with Crippen LogP contribution in [-0.2, 0) is 9.53 Å². The molecule has 106 valence electrons. The maximum atomic E-state index is 11.4. The fraction of sp³-hybridized carbons (Fsp3) is 0.462. The number of halogens is 1. The summed E-state index contributed by atoms with van der Waals surface area (Å²) in [5, 5.41) is 9.89. The summed E-state index contributed by atoms with van der Waals surface area (Å²) in [6.07, 6.45) is -1.43. The SMILES string of the molecule is COC(=O)C(O)c1cc(OC(C)C)c(OC)cc1Br. The molecule has 19 heavy (non-hydrogen) atoms. The van der Waals surface area contributed by atoms with E-state index in [1.165, 1.54) is 14.2 Å². The zero-order valence-electron chi connectivity index (χ0n) is 11.3. The zero-order chi connectivity index (χ0) is 14.6. The van der Waals surface area contributed by atoms with Gasteiger partial charge in [-0.2, -0.15) is 0 Å². The van der Waals surface area contributed by atoms with Gasteiger partial charge in [0.1, 0.15) is 0 Å².